The molecule has 1 heterocycles. The molecular formula is C18H15BrN2O. The molecule has 1 atom stereocenters. The fourth-order valence-electron chi connectivity index (χ4n) is 3.04. The van der Waals surface area contributed by atoms with E-state index >= 15 is 0 Å². The van der Waals surface area contributed by atoms with Gasteiger partial charge in [0.2, 0.25) is 0 Å². The Bertz CT molecular complexity index is 721. The molecule has 2 aromatic rings. The molecule has 0 saturated carbocycles. The summed E-state index contributed by atoms with van der Waals surface area (Å²) in [6.45, 7) is 0.608. The minimum atomic E-state index is -0.856. The first-order valence-electron chi connectivity index (χ1n) is 7.22. The number of amides is 1. The maximum Gasteiger partial charge on any atom is 0.255 e. The van der Waals surface area contributed by atoms with E-state index in [1.54, 1.807) is 17.0 Å². The van der Waals surface area contributed by atoms with Gasteiger partial charge < -0.3 is 4.90 Å². The summed E-state index contributed by atoms with van der Waals surface area (Å²) in [5, 5.41) is 9.83. The number of nitrogens with zero attached hydrogens (tertiary/aromatic N) is 2. The summed E-state index contributed by atoms with van der Waals surface area (Å²) < 4.78 is 0.931. The minimum absolute atomic E-state index is 0.0876. The van der Waals surface area contributed by atoms with Gasteiger partial charge >= 0.3 is 0 Å². The van der Waals surface area contributed by atoms with E-state index < -0.39 is 5.54 Å². The van der Waals surface area contributed by atoms with Crippen molar-refractivity contribution in [1.82, 2.24) is 4.90 Å². The first-order valence-corrected chi connectivity index (χ1v) is 8.01. The molecule has 1 fully saturated rings. The number of likely N-dealkylation sites (tertiary alicyclic amines) is 1. The molecule has 110 valence electrons. The minimum Gasteiger partial charge on any atom is -0.316 e. The molecule has 22 heavy (non-hydrogen) atoms. The molecule has 3 nitrogen and oxygen atoms in total. The van der Waals surface area contributed by atoms with Crippen LogP contribution in [0.25, 0.3) is 0 Å². The van der Waals surface area contributed by atoms with Gasteiger partial charge in [0.15, 0.2) is 5.54 Å². The molecule has 0 radical (unpaired) electrons. The van der Waals surface area contributed by atoms with Gasteiger partial charge in [0.25, 0.3) is 5.91 Å². The lowest BCUT2D eigenvalue weighted by Gasteiger charge is -2.33. The van der Waals surface area contributed by atoms with E-state index in [0.29, 0.717) is 18.5 Å². The monoisotopic (exact) mass is 354 g/mol. The van der Waals surface area contributed by atoms with Gasteiger partial charge in [-0.15, -0.1) is 0 Å². The first-order chi connectivity index (χ1) is 10.7. The zero-order chi connectivity index (χ0) is 15.6. The van der Waals surface area contributed by atoms with Crippen LogP contribution in [0.1, 0.15) is 28.8 Å². The molecule has 0 aromatic heterocycles. The highest BCUT2D eigenvalue weighted by Gasteiger charge is 2.45. The van der Waals surface area contributed by atoms with Gasteiger partial charge in [-0.1, -0.05) is 46.3 Å². The molecule has 3 rings (SSSR count). The summed E-state index contributed by atoms with van der Waals surface area (Å²) in [7, 11) is 0. The van der Waals surface area contributed by atoms with E-state index in [1.807, 2.05) is 42.5 Å². The van der Waals surface area contributed by atoms with Gasteiger partial charge in [0, 0.05) is 16.6 Å². The van der Waals surface area contributed by atoms with Crippen molar-refractivity contribution in [3.05, 3.63) is 70.2 Å². The molecule has 0 aliphatic carbocycles. The number of hydrogen-bond donors (Lipinski definition) is 0. The van der Waals surface area contributed by atoms with Crippen LogP contribution in [0.5, 0.6) is 0 Å². The summed E-state index contributed by atoms with van der Waals surface area (Å²) in [6.07, 6.45) is 1.51. The zero-order valence-corrected chi connectivity index (χ0v) is 13.6. The maximum atomic E-state index is 12.9. The van der Waals surface area contributed by atoms with Crippen LogP contribution in [0.2, 0.25) is 0 Å². The summed E-state index contributed by atoms with van der Waals surface area (Å²) in [5.74, 6) is -0.0876. The van der Waals surface area contributed by atoms with E-state index in [-0.39, 0.29) is 5.91 Å². The third kappa shape index (κ3) is 2.42. The maximum absolute atomic E-state index is 12.9. The Kier molecular flexibility index (Phi) is 4.00. The molecule has 1 aliphatic rings. The zero-order valence-electron chi connectivity index (χ0n) is 12.0. The fraction of sp³-hybridized carbons (Fsp3) is 0.222. The predicted molar refractivity (Wildman–Crippen MR) is 88.1 cm³/mol. The van der Waals surface area contributed by atoms with Gasteiger partial charge in [-0.2, -0.15) is 5.26 Å². The van der Waals surface area contributed by atoms with Crippen molar-refractivity contribution < 1.29 is 4.79 Å². The number of nitriles is 1. The largest absolute Gasteiger partial charge is 0.316 e. The predicted octanol–water partition coefficient (Wildman–Crippen LogP) is 4.10. The number of rotatable bonds is 2. The third-order valence-electron chi connectivity index (χ3n) is 4.15. The second-order valence-corrected chi connectivity index (χ2v) is 6.32. The van der Waals surface area contributed by atoms with Crippen LogP contribution in [-0.2, 0) is 5.54 Å². The number of benzene rings is 2. The van der Waals surface area contributed by atoms with E-state index in [0.717, 1.165) is 16.5 Å². The highest BCUT2D eigenvalue weighted by Crippen LogP contribution is 2.39. The lowest BCUT2D eigenvalue weighted by atomic mass is 9.88. The van der Waals surface area contributed by atoms with Gasteiger partial charge in [-0.3, -0.25) is 4.79 Å². The van der Waals surface area contributed by atoms with E-state index in [4.69, 9.17) is 0 Å². The van der Waals surface area contributed by atoms with Crippen molar-refractivity contribution in [1.29, 1.82) is 5.26 Å². The van der Waals surface area contributed by atoms with Crippen molar-refractivity contribution in [2.45, 2.75) is 18.4 Å². The lowest BCUT2D eigenvalue weighted by molar-refractivity contribution is 0.0670. The Morgan fingerprint density at radius 2 is 1.82 bits per heavy atom. The van der Waals surface area contributed by atoms with Crippen molar-refractivity contribution >= 4 is 21.8 Å². The van der Waals surface area contributed by atoms with Crippen LogP contribution >= 0.6 is 15.9 Å². The average Bonchev–Trinajstić information content (AvgIpc) is 3.01. The Morgan fingerprint density at radius 1 is 1.14 bits per heavy atom. The van der Waals surface area contributed by atoms with Crippen molar-refractivity contribution in [3.63, 3.8) is 0 Å². The summed E-state index contributed by atoms with van der Waals surface area (Å²) in [6, 6.07) is 19.3. The molecule has 1 saturated heterocycles. The molecule has 4 heteroatoms. The van der Waals surface area contributed by atoms with Crippen molar-refractivity contribution in [2.24, 2.45) is 0 Å². The van der Waals surface area contributed by atoms with Gasteiger partial charge in [-0.05, 0) is 42.7 Å². The molecule has 0 spiro atoms. The van der Waals surface area contributed by atoms with Crippen LogP contribution in [0.15, 0.2) is 59.1 Å². The second-order valence-electron chi connectivity index (χ2n) is 5.41. The topological polar surface area (TPSA) is 44.1 Å². The molecule has 1 amide bonds. The third-order valence-corrected chi connectivity index (χ3v) is 4.68. The quantitative estimate of drug-likeness (QED) is 0.814. The van der Waals surface area contributed by atoms with E-state index in [2.05, 4.69) is 22.0 Å². The number of hydrogen-bond acceptors (Lipinski definition) is 2. The lowest BCUT2D eigenvalue weighted by Crippen LogP contribution is -2.44. The SMILES string of the molecule is N#C[C@@]1(c2ccccc2)CCCN1C(=O)c1ccc(Br)cc1. The summed E-state index contributed by atoms with van der Waals surface area (Å²) in [4.78, 5) is 14.6. The normalized spacial score (nSPS) is 20.6. The van der Waals surface area contributed by atoms with E-state index in [1.165, 1.54) is 0 Å². The molecule has 1 aliphatic heterocycles. The molecule has 0 bridgehead atoms. The molecule has 0 N–H and O–H groups in total. The Hall–Kier alpha value is -2.12. The fourth-order valence-corrected chi connectivity index (χ4v) is 3.30. The van der Waals surface area contributed by atoms with Gasteiger partial charge in [-0.25, -0.2) is 0 Å². The molecule has 0 unspecified atom stereocenters. The van der Waals surface area contributed by atoms with Crippen LogP contribution in [0, 0.1) is 11.3 Å². The van der Waals surface area contributed by atoms with Gasteiger partial charge in [0.05, 0.1) is 6.07 Å². The highest BCUT2D eigenvalue weighted by atomic mass is 79.9. The molecule has 2 aromatic carbocycles. The van der Waals surface area contributed by atoms with Crippen LogP contribution in [0.4, 0.5) is 0 Å². The smallest absolute Gasteiger partial charge is 0.255 e. The average molecular weight is 355 g/mol. The summed E-state index contributed by atoms with van der Waals surface area (Å²) in [5.41, 5.74) is 0.645. The van der Waals surface area contributed by atoms with Crippen LogP contribution < -0.4 is 0 Å². The van der Waals surface area contributed by atoms with Crippen LogP contribution in [0.3, 0.4) is 0 Å². The Labute approximate surface area is 138 Å². The Balaban J connectivity index is 2.00. The Morgan fingerprint density at radius 3 is 2.45 bits per heavy atom. The summed E-state index contributed by atoms with van der Waals surface area (Å²) >= 11 is 3.37. The van der Waals surface area contributed by atoms with Crippen LogP contribution in [-0.4, -0.2) is 17.4 Å². The highest BCUT2D eigenvalue weighted by molar-refractivity contribution is 9.10. The standard InChI is InChI=1S/C18H15BrN2O/c19-16-9-7-14(8-10-16)17(22)21-12-4-11-18(21,13-20)15-5-2-1-3-6-15/h1-3,5-10H,4,11-12H2/t18-/m1/s1. The second kappa shape index (κ2) is 5.94. The number of carbonyl (C=O) groups excluding carboxylic acids is 1. The number of carbonyl (C=O) groups is 1. The first kappa shape index (κ1) is 14.8. The van der Waals surface area contributed by atoms with Crippen molar-refractivity contribution in [2.75, 3.05) is 6.54 Å². The molecular weight excluding hydrogens is 340 g/mol. The van der Waals surface area contributed by atoms with Gasteiger partial charge in [0.1, 0.15) is 0 Å². The number of halogens is 1. The van der Waals surface area contributed by atoms with E-state index in [9.17, 15) is 10.1 Å². The van der Waals surface area contributed by atoms with Crippen molar-refractivity contribution in [3.8, 4) is 6.07 Å².